The topological polar surface area (TPSA) is 78.5 Å². The first-order chi connectivity index (χ1) is 12.6. The molecule has 0 aliphatic heterocycles. The van der Waals surface area contributed by atoms with E-state index in [1.807, 2.05) is 13.8 Å². The zero-order chi connectivity index (χ0) is 18.8. The monoisotopic (exact) mass is 358 g/mol. The van der Waals surface area contributed by atoms with Crippen molar-refractivity contribution in [3.63, 3.8) is 0 Å². The fraction of sp³-hybridized carbons (Fsp3) is 0.500. The Morgan fingerprint density at radius 3 is 2.88 bits per heavy atom. The molecule has 0 amide bonds. The molecule has 0 fully saturated rings. The molecule has 26 heavy (non-hydrogen) atoms. The standard InChI is InChI=1S/C20H30N4O2/c1-4-21-20(22-11-6-7-19(25)26-5-2)23-12-10-16-14-24-18-13-15(3)8-9-17(16)18/h8-9,13-14,24H,4-7,10-12H2,1-3H3,(H2,21,22,23). The molecular weight excluding hydrogens is 328 g/mol. The van der Waals surface area contributed by atoms with Gasteiger partial charge in [-0.3, -0.25) is 9.79 Å². The summed E-state index contributed by atoms with van der Waals surface area (Å²) < 4.78 is 4.92. The van der Waals surface area contributed by atoms with Crippen molar-refractivity contribution in [2.45, 2.75) is 40.0 Å². The minimum Gasteiger partial charge on any atom is -0.466 e. The lowest BCUT2D eigenvalue weighted by Crippen LogP contribution is -2.38. The molecule has 0 saturated carbocycles. The van der Waals surface area contributed by atoms with Gasteiger partial charge in [-0.1, -0.05) is 12.1 Å². The Bertz CT molecular complexity index is 736. The molecule has 2 rings (SSSR count). The highest BCUT2D eigenvalue weighted by atomic mass is 16.5. The SMILES string of the molecule is CCNC(=NCCCC(=O)OCC)NCCc1c[nH]c2cc(C)ccc12. The van der Waals surface area contributed by atoms with Gasteiger partial charge in [-0.05, 0) is 50.8 Å². The first kappa shape index (κ1) is 19.8. The number of nitrogens with zero attached hydrogens (tertiary/aromatic N) is 1. The zero-order valence-electron chi connectivity index (χ0n) is 16.0. The fourth-order valence-electron chi connectivity index (χ4n) is 2.81. The molecule has 0 radical (unpaired) electrons. The summed E-state index contributed by atoms with van der Waals surface area (Å²) in [5.41, 5.74) is 3.73. The summed E-state index contributed by atoms with van der Waals surface area (Å²) in [6.07, 6.45) is 4.09. The summed E-state index contributed by atoms with van der Waals surface area (Å²) in [4.78, 5) is 19.2. The van der Waals surface area contributed by atoms with E-state index in [1.165, 1.54) is 22.0 Å². The van der Waals surface area contributed by atoms with Gasteiger partial charge in [-0.25, -0.2) is 0 Å². The number of aryl methyl sites for hydroxylation is 1. The molecule has 0 aliphatic rings. The van der Waals surface area contributed by atoms with Gasteiger partial charge in [0.15, 0.2) is 5.96 Å². The first-order valence-electron chi connectivity index (χ1n) is 9.38. The number of rotatable bonds is 9. The van der Waals surface area contributed by atoms with Gasteiger partial charge >= 0.3 is 5.97 Å². The number of ether oxygens (including phenoxy) is 1. The maximum atomic E-state index is 11.3. The number of aliphatic imine (C=N–C) groups is 1. The molecule has 0 spiro atoms. The fourth-order valence-corrected chi connectivity index (χ4v) is 2.81. The second-order valence-corrected chi connectivity index (χ2v) is 6.21. The van der Waals surface area contributed by atoms with Gasteiger partial charge in [-0.15, -0.1) is 0 Å². The third-order valence-corrected chi connectivity index (χ3v) is 4.07. The summed E-state index contributed by atoms with van der Waals surface area (Å²) >= 11 is 0. The van der Waals surface area contributed by atoms with Gasteiger partial charge < -0.3 is 20.4 Å². The molecule has 1 aromatic carbocycles. The summed E-state index contributed by atoms with van der Waals surface area (Å²) in [6.45, 7) is 8.58. The molecule has 3 N–H and O–H groups in total. The molecular formula is C20H30N4O2. The van der Waals surface area contributed by atoms with Crippen molar-refractivity contribution in [3.8, 4) is 0 Å². The maximum Gasteiger partial charge on any atom is 0.305 e. The number of carbonyl (C=O) groups is 1. The lowest BCUT2D eigenvalue weighted by molar-refractivity contribution is -0.143. The second-order valence-electron chi connectivity index (χ2n) is 6.21. The highest BCUT2D eigenvalue weighted by Crippen LogP contribution is 2.19. The summed E-state index contributed by atoms with van der Waals surface area (Å²) in [6, 6.07) is 6.48. The molecule has 2 aromatic rings. The Hall–Kier alpha value is -2.50. The van der Waals surface area contributed by atoms with Gasteiger partial charge in [-0.2, -0.15) is 0 Å². The van der Waals surface area contributed by atoms with E-state index in [0.717, 1.165) is 25.5 Å². The highest BCUT2D eigenvalue weighted by molar-refractivity contribution is 5.84. The minimum absolute atomic E-state index is 0.157. The van der Waals surface area contributed by atoms with Crippen molar-refractivity contribution in [1.82, 2.24) is 15.6 Å². The molecule has 6 heteroatoms. The van der Waals surface area contributed by atoms with Gasteiger partial charge in [0.1, 0.15) is 0 Å². The number of aromatic amines is 1. The Balaban J connectivity index is 1.81. The molecule has 0 atom stereocenters. The van der Waals surface area contributed by atoms with Crippen LogP contribution in [0.15, 0.2) is 29.4 Å². The van der Waals surface area contributed by atoms with Crippen LogP contribution in [0.1, 0.15) is 37.8 Å². The van der Waals surface area contributed by atoms with Crippen LogP contribution in [0.3, 0.4) is 0 Å². The lowest BCUT2D eigenvalue weighted by atomic mass is 10.1. The Morgan fingerprint density at radius 2 is 2.12 bits per heavy atom. The molecule has 142 valence electrons. The lowest BCUT2D eigenvalue weighted by Gasteiger charge is -2.11. The Labute approximate surface area is 155 Å². The average molecular weight is 358 g/mol. The van der Waals surface area contributed by atoms with Gasteiger partial charge in [0.25, 0.3) is 0 Å². The van der Waals surface area contributed by atoms with E-state index in [2.05, 4.69) is 51.9 Å². The van der Waals surface area contributed by atoms with Crippen LogP contribution >= 0.6 is 0 Å². The Kier molecular flexibility index (Phi) is 7.99. The number of nitrogens with one attached hydrogen (secondary N) is 3. The normalized spacial score (nSPS) is 11.6. The van der Waals surface area contributed by atoms with Gasteiger partial charge in [0.2, 0.25) is 0 Å². The number of carbonyl (C=O) groups excluding carboxylic acids is 1. The molecule has 0 unspecified atom stereocenters. The van der Waals surface area contributed by atoms with E-state index < -0.39 is 0 Å². The van der Waals surface area contributed by atoms with Gasteiger partial charge in [0, 0.05) is 43.2 Å². The van der Waals surface area contributed by atoms with Crippen molar-refractivity contribution in [2.75, 3.05) is 26.2 Å². The van der Waals surface area contributed by atoms with E-state index in [0.29, 0.717) is 26.0 Å². The molecule has 0 bridgehead atoms. The number of hydrogen-bond acceptors (Lipinski definition) is 3. The van der Waals surface area contributed by atoms with Crippen LogP contribution in [0.2, 0.25) is 0 Å². The zero-order valence-corrected chi connectivity index (χ0v) is 16.0. The van der Waals surface area contributed by atoms with Crippen molar-refractivity contribution < 1.29 is 9.53 Å². The van der Waals surface area contributed by atoms with Crippen LogP contribution in [0, 0.1) is 6.92 Å². The van der Waals surface area contributed by atoms with Crippen LogP contribution in [-0.2, 0) is 16.0 Å². The quantitative estimate of drug-likeness (QED) is 0.279. The predicted molar refractivity (Wildman–Crippen MR) is 107 cm³/mol. The molecule has 1 heterocycles. The van der Waals surface area contributed by atoms with E-state index in [1.54, 1.807) is 0 Å². The third-order valence-electron chi connectivity index (χ3n) is 4.07. The number of H-pyrrole nitrogens is 1. The molecule has 0 saturated heterocycles. The summed E-state index contributed by atoms with van der Waals surface area (Å²) in [5.74, 6) is 0.627. The van der Waals surface area contributed by atoms with Crippen molar-refractivity contribution in [1.29, 1.82) is 0 Å². The van der Waals surface area contributed by atoms with E-state index in [4.69, 9.17) is 4.74 Å². The number of guanidine groups is 1. The van der Waals surface area contributed by atoms with Crippen molar-refractivity contribution in [2.24, 2.45) is 4.99 Å². The van der Waals surface area contributed by atoms with Crippen LogP contribution in [-0.4, -0.2) is 43.2 Å². The number of hydrogen-bond donors (Lipinski definition) is 3. The smallest absolute Gasteiger partial charge is 0.305 e. The van der Waals surface area contributed by atoms with E-state index >= 15 is 0 Å². The summed E-state index contributed by atoms with van der Waals surface area (Å²) in [5, 5.41) is 7.86. The second kappa shape index (κ2) is 10.5. The third kappa shape index (κ3) is 6.10. The van der Waals surface area contributed by atoms with Crippen LogP contribution in [0.5, 0.6) is 0 Å². The average Bonchev–Trinajstić information content (AvgIpc) is 3.01. The minimum atomic E-state index is -0.157. The van der Waals surface area contributed by atoms with E-state index in [-0.39, 0.29) is 5.97 Å². The molecule has 1 aromatic heterocycles. The predicted octanol–water partition coefficient (Wildman–Crippen LogP) is 2.92. The Morgan fingerprint density at radius 1 is 1.27 bits per heavy atom. The van der Waals surface area contributed by atoms with Crippen LogP contribution in [0.25, 0.3) is 10.9 Å². The van der Waals surface area contributed by atoms with Crippen molar-refractivity contribution >= 4 is 22.8 Å². The maximum absolute atomic E-state index is 11.3. The molecule has 6 nitrogen and oxygen atoms in total. The number of benzene rings is 1. The number of esters is 1. The van der Waals surface area contributed by atoms with E-state index in [9.17, 15) is 4.79 Å². The first-order valence-corrected chi connectivity index (χ1v) is 9.38. The summed E-state index contributed by atoms with van der Waals surface area (Å²) in [7, 11) is 0. The van der Waals surface area contributed by atoms with Crippen LogP contribution in [0.4, 0.5) is 0 Å². The highest BCUT2D eigenvalue weighted by Gasteiger charge is 2.05. The van der Waals surface area contributed by atoms with Crippen LogP contribution < -0.4 is 10.6 Å². The largest absolute Gasteiger partial charge is 0.466 e. The van der Waals surface area contributed by atoms with Gasteiger partial charge in [0.05, 0.1) is 6.61 Å². The number of aromatic nitrogens is 1. The molecule has 0 aliphatic carbocycles. The van der Waals surface area contributed by atoms with Crippen molar-refractivity contribution in [3.05, 3.63) is 35.5 Å². The number of fused-ring (bicyclic) bond motifs is 1.